The van der Waals surface area contributed by atoms with Gasteiger partial charge in [-0.2, -0.15) is 0 Å². The molecule has 3 rings (SSSR count). The van der Waals surface area contributed by atoms with Crippen LogP contribution in [0.4, 0.5) is 0 Å². The molecule has 2 aliphatic rings. The maximum Gasteiger partial charge on any atom is 0.121 e. The minimum absolute atomic E-state index is 0.0916. The number of phenols is 1. The first kappa shape index (κ1) is 12.9. The lowest BCUT2D eigenvalue weighted by Crippen LogP contribution is -2.47. The molecule has 4 heteroatoms. The number of aliphatic hydroxyl groups is 2. The molecule has 1 aromatic carbocycles. The van der Waals surface area contributed by atoms with E-state index in [9.17, 15) is 15.3 Å². The van der Waals surface area contributed by atoms with Crippen molar-refractivity contribution in [2.75, 3.05) is 0 Å². The first-order valence-electron chi connectivity index (χ1n) is 7.09. The lowest BCUT2D eigenvalue weighted by Gasteiger charge is -2.37. The minimum Gasteiger partial charge on any atom is -0.508 e. The fourth-order valence-electron chi connectivity index (χ4n) is 3.17. The molecule has 1 saturated carbocycles. The van der Waals surface area contributed by atoms with Crippen molar-refractivity contribution < 1.29 is 15.3 Å². The van der Waals surface area contributed by atoms with E-state index in [0.29, 0.717) is 11.6 Å². The molecular formula is C15H21NO3. The number of nitrogens with one attached hydrogen (secondary N) is 1. The van der Waals surface area contributed by atoms with E-state index >= 15 is 0 Å². The Kier molecular flexibility index (Phi) is 3.48. The summed E-state index contributed by atoms with van der Waals surface area (Å²) in [5, 5.41) is 33.1. The van der Waals surface area contributed by atoms with Gasteiger partial charge in [-0.3, -0.25) is 0 Å². The fraction of sp³-hybridized carbons (Fsp3) is 0.600. The van der Waals surface area contributed by atoms with Crippen molar-refractivity contribution in [3.63, 3.8) is 0 Å². The van der Waals surface area contributed by atoms with Gasteiger partial charge in [-0.1, -0.05) is 12.5 Å². The van der Waals surface area contributed by atoms with Gasteiger partial charge in [-0.25, -0.2) is 0 Å². The first-order chi connectivity index (χ1) is 9.20. The third-order valence-electron chi connectivity index (χ3n) is 4.56. The molecule has 0 spiro atoms. The molecular weight excluding hydrogens is 242 g/mol. The first-order valence-corrected chi connectivity index (χ1v) is 7.09. The molecule has 0 saturated heterocycles. The number of aliphatic hydroxyl groups excluding tert-OH is 2. The molecule has 0 heterocycles. The zero-order valence-electron chi connectivity index (χ0n) is 11.0. The second-order valence-electron chi connectivity index (χ2n) is 5.67. The van der Waals surface area contributed by atoms with Crippen LogP contribution in [-0.2, 0) is 13.0 Å². The summed E-state index contributed by atoms with van der Waals surface area (Å²) in [7, 11) is 0. The fourth-order valence-corrected chi connectivity index (χ4v) is 3.17. The second-order valence-corrected chi connectivity index (χ2v) is 5.67. The highest BCUT2D eigenvalue weighted by molar-refractivity contribution is 5.46. The predicted molar refractivity (Wildman–Crippen MR) is 71.9 cm³/mol. The van der Waals surface area contributed by atoms with E-state index in [0.717, 1.165) is 24.0 Å². The van der Waals surface area contributed by atoms with Crippen LogP contribution >= 0.6 is 0 Å². The topological polar surface area (TPSA) is 72.7 Å². The van der Waals surface area contributed by atoms with Gasteiger partial charge in [-0.05, 0) is 42.9 Å². The number of hydrogen-bond acceptors (Lipinski definition) is 4. The molecule has 2 unspecified atom stereocenters. The number of hydrogen-bond donors (Lipinski definition) is 4. The Bertz CT molecular complexity index is 471. The van der Waals surface area contributed by atoms with E-state index in [2.05, 4.69) is 5.32 Å². The largest absolute Gasteiger partial charge is 0.508 e. The highest BCUT2D eigenvalue weighted by atomic mass is 16.3. The molecule has 1 fully saturated rings. The van der Waals surface area contributed by atoms with Crippen molar-refractivity contribution >= 4 is 0 Å². The van der Waals surface area contributed by atoms with Gasteiger partial charge in [0.05, 0.1) is 12.7 Å². The van der Waals surface area contributed by atoms with Crippen LogP contribution in [0.15, 0.2) is 12.1 Å². The van der Waals surface area contributed by atoms with Crippen LogP contribution in [0.5, 0.6) is 5.75 Å². The number of aromatic hydroxyl groups is 1. The quantitative estimate of drug-likeness (QED) is 0.665. The van der Waals surface area contributed by atoms with Gasteiger partial charge < -0.3 is 20.6 Å². The van der Waals surface area contributed by atoms with Gasteiger partial charge >= 0.3 is 0 Å². The van der Waals surface area contributed by atoms with Crippen LogP contribution in [0.25, 0.3) is 0 Å². The molecule has 2 aliphatic carbocycles. The molecule has 0 aromatic heterocycles. The van der Waals surface area contributed by atoms with Gasteiger partial charge in [0, 0.05) is 17.6 Å². The third kappa shape index (κ3) is 2.24. The van der Waals surface area contributed by atoms with Crippen molar-refractivity contribution in [1.29, 1.82) is 0 Å². The number of fused-ring (bicyclic) bond motifs is 1. The Hall–Kier alpha value is -1.10. The van der Waals surface area contributed by atoms with Crippen LogP contribution in [0.3, 0.4) is 0 Å². The summed E-state index contributed by atoms with van der Waals surface area (Å²) in [5.74, 6) is 0.124. The Labute approximate surface area is 113 Å². The van der Waals surface area contributed by atoms with E-state index in [4.69, 9.17) is 0 Å². The molecule has 19 heavy (non-hydrogen) atoms. The summed E-state index contributed by atoms with van der Waals surface area (Å²) in [6, 6.07) is 3.99. The number of rotatable bonds is 3. The molecule has 1 aromatic rings. The summed E-state index contributed by atoms with van der Waals surface area (Å²) in [6.45, 7) is -0.178. The third-order valence-corrected chi connectivity index (χ3v) is 4.56. The Morgan fingerprint density at radius 2 is 2.00 bits per heavy atom. The Balaban J connectivity index is 1.84. The van der Waals surface area contributed by atoms with Gasteiger partial charge in [0.15, 0.2) is 0 Å². The maximum absolute atomic E-state index is 10.5. The Morgan fingerprint density at radius 3 is 2.63 bits per heavy atom. The Morgan fingerprint density at radius 1 is 1.21 bits per heavy atom. The van der Waals surface area contributed by atoms with Crippen molar-refractivity contribution in [2.24, 2.45) is 0 Å². The zero-order valence-corrected chi connectivity index (χ0v) is 11.0. The average Bonchev–Trinajstić information content (AvgIpc) is 2.36. The van der Waals surface area contributed by atoms with E-state index in [1.165, 1.54) is 19.3 Å². The van der Waals surface area contributed by atoms with Crippen LogP contribution in [0.1, 0.15) is 48.5 Å². The second kappa shape index (κ2) is 5.12. The van der Waals surface area contributed by atoms with E-state index in [1.807, 2.05) is 0 Å². The summed E-state index contributed by atoms with van der Waals surface area (Å²) >= 11 is 0. The molecule has 104 valence electrons. The van der Waals surface area contributed by atoms with Gasteiger partial charge in [0.2, 0.25) is 0 Å². The van der Waals surface area contributed by atoms with Crippen molar-refractivity contribution in [3.8, 4) is 5.75 Å². The minimum atomic E-state index is -0.546. The molecule has 0 radical (unpaired) electrons. The highest BCUT2D eigenvalue weighted by Gasteiger charge is 2.32. The summed E-state index contributed by atoms with van der Waals surface area (Å²) in [5.41, 5.74) is 2.34. The van der Waals surface area contributed by atoms with E-state index < -0.39 is 6.10 Å². The summed E-state index contributed by atoms with van der Waals surface area (Å²) < 4.78 is 0. The van der Waals surface area contributed by atoms with Crippen molar-refractivity contribution in [2.45, 2.75) is 56.9 Å². The molecule has 4 N–H and O–H groups in total. The molecule has 2 atom stereocenters. The van der Waals surface area contributed by atoms with E-state index in [-0.39, 0.29) is 18.4 Å². The maximum atomic E-state index is 10.5. The van der Waals surface area contributed by atoms with Gasteiger partial charge in [0.1, 0.15) is 5.75 Å². The van der Waals surface area contributed by atoms with Crippen LogP contribution in [0, 0.1) is 0 Å². The van der Waals surface area contributed by atoms with Crippen molar-refractivity contribution in [1.82, 2.24) is 5.32 Å². The monoisotopic (exact) mass is 263 g/mol. The molecule has 0 aliphatic heterocycles. The number of benzene rings is 1. The normalized spacial score (nSPS) is 26.8. The van der Waals surface area contributed by atoms with E-state index in [1.54, 1.807) is 12.1 Å². The smallest absolute Gasteiger partial charge is 0.121 e. The van der Waals surface area contributed by atoms with Crippen molar-refractivity contribution in [3.05, 3.63) is 28.8 Å². The lowest BCUT2D eigenvalue weighted by molar-refractivity contribution is 0.0985. The summed E-state index contributed by atoms with van der Waals surface area (Å²) in [6.07, 6.45) is 4.78. The molecule has 4 nitrogen and oxygen atoms in total. The summed E-state index contributed by atoms with van der Waals surface area (Å²) in [4.78, 5) is 0. The zero-order chi connectivity index (χ0) is 13.4. The van der Waals surface area contributed by atoms with Gasteiger partial charge in [-0.15, -0.1) is 0 Å². The predicted octanol–water partition coefficient (Wildman–Crippen LogP) is 1.37. The van der Waals surface area contributed by atoms with Gasteiger partial charge in [0.25, 0.3) is 0 Å². The molecule has 0 amide bonds. The van der Waals surface area contributed by atoms with Crippen LogP contribution in [0.2, 0.25) is 0 Å². The highest BCUT2D eigenvalue weighted by Crippen LogP contribution is 2.36. The average molecular weight is 263 g/mol. The lowest BCUT2D eigenvalue weighted by atomic mass is 9.81. The van der Waals surface area contributed by atoms with Crippen LogP contribution in [-0.4, -0.2) is 27.4 Å². The molecule has 0 bridgehead atoms. The standard InChI is InChI=1S/C15H21NO3/c17-8-12-10-4-6-13(16-9-2-1-3-9)15(19)11(10)5-7-14(12)18/h5,7,9,13,15-19H,1-4,6,8H2. The SMILES string of the molecule is OCc1c(O)ccc2c1CCC(NC1CCC1)C2O. The van der Waals surface area contributed by atoms with Crippen LogP contribution < -0.4 is 5.32 Å².